The highest BCUT2D eigenvalue weighted by molar-refractivity contribution is 6.15. The fraction of sp³-hybridized carbons (Fsp3) is 0.375. The summed E-state index contributed by atoms with van der Waals surface area (Å²) in [5.74, 6) is 1.60. The van der Waals surface area contributed by atoms with Crippen molar-refractivity contribution in [3.05, 3.63) is 58.8 Å². The number of ether oxygens (including phenoxy) is 1. The second kappa shape index (κ2) is 7.91. The number of benzene rings is 2. The molecule has 1 saturated heterocycles. The molecule has 0 bridgehead atoms. The molecule has 0 atom stereocenters. The number of phenols is 1. The van der Waals surface area contributed by atoms with E-state index in [9.17, 15) is 9.90 Å². The summed E-state index contributed by atoms with van der Waals surface area (Å²) >= 11 is 0. The van der Waals surface area contributed by atoms with Crippen LogP contribution in [0.5, 0.6) is 11.5 Å². The smallest absolute Gasteiger partial charge is 0.231 e. The van der Waals surface area contributed by atoms with Gasteiger partial charge in [0.1, 0.15) is 11.5 Å². The highest BCUT2D eigenvalue weighted by atomic mass is 16.5. The summed E-state index contributed by atoms with van der Waals surface area (Å²) < 4.78 is 5.99. The van der Waals surface area contributed by atoms with Crippen molar-refractivity contribution >= 4 is 17.5 Å². The molecule has 2 aromatic carbocycles. The molecule has 0 aromatic heterocycles. The van der Waals surface area contributed by atoms with E-state index in [0.29, 0.717) is 29.2 Å². The van der Waals surface area contributed by atoms with Crippen LogP contribution in [0.3, 0.4) is 0 Å². The number of piperidine rings is 1. The van der Waals surface area contributed by atoms with Crippen molar-refractivity contribution in [1.82, 2.24) is 4.90 Å². The van der Waals surface area contributed by atoms with Crippen LogP contribution in [-0.4, -0.2) is 43.0 Å². The lowest BCUT2D eigenvalue weighted by molar-refractivity contribution is 0.101. The van der Waals surface area contributed by atoms with Crippen LogP contribution in [0, 0.1) is 5.92 Å². The van der Waals surface area contributed by atoms with Gasteiger partial charge in [0.15, 0.2) is 5.76 Å². The van der Waals surface area contributed by atoms with E-state index in [1.807, 2.05) is 43.3 Å². The minimum absolute atomic E-state index is 0.134. The standard InChI is InChI=1S/C24H28N2O3/c1-16-10-12-26(13-11-16)15-20-21(27)9-8-19-23(28)22(29-24(19)20)14-17-4-6-18(7-5-17)25(2)3/h4-9,14,16,27H,10-13,15H2,1-3H3/b22-14-. The summed E-state index contributed by atoms with van der Waals surface area (Å²) in [6, 6.07) is 11.2. The molecule has 0 radical (unpaired) electrons. The Balaban J connectivity index is 1.59. The van der Waals surface area contributed by atoms with Crippen molar-refractivity contribution in [2.45, 2.75) is 26.3 Å². The highest BCUT2D eigenvalue weighted by Crippen LogP contribution is 2.40. The second-order valence-electron chi connectivity index (χ2n) is 8.32. The topological polar surface area (TPSA) is 53.0 Å². The molecule has 1 N–H and O–H groups in total. The Morgan fingerprint density at radius 1 is 1.14 bits per heavy atom. The highest BCUT2D eigenvalue weighted by Gasteiger charge is 2.32. The molecule has 5 nitrogen and oxygen atoms in total. The molecule has 2 aromatic rings. The Hall–Kier alpha value is -2.79. The van der Waals surface area contributed by atoms with E-state index in [4.69, 9.17) is 4.74 Å². The van der Waals surface area contributed by atoms with Crippen LogP contribution in [0.25, 0.3) is 6.08 Å². The van der Waals surface area contributed by atoms with Crippen LogP contribution in [0.4, 0.5) is 5.69 Å². The van der Waals surface area contributed by atoms with E-state index in [1.165, 1.54) is 0 Å². The van der Waals surface area contributed by atoms with E-state index in [0.717, 1.165) is 43.1 Å². The summed E-state index contributed by atoms with van der Waals surface area (Å²) in [7, 11) is 3.98. The van der Waals surface area contributed by atoms with Gasteiger partial charge >= 0.3 is 0 Å². The number of anilines is 1. The Labute approximate surface area is 172 Å². The molecular formula is C24H28N2O3. The van der Waals surface area contributed by atoms with Gasteiger partial charge in [0.2, 0.25) is 5.78 Å². The quantitative estimate of drug-likeness (QED) is 0.786. The number of fused-ring (bicyclic) bond motifs is 1. The predicted molar refractivity (Wildman–Crippen MR) is 115 cm³/mol. The van der Waals surface area contributed by atoms with Crippen molar-refractivity contribution in [3.63, 3.8) is 0 Å². The largest absolute Gasteiger partial charge is 0.507 e. The van der Waals surface area contributed by atoms with Crippen LogP contribution in [0.15, 0.2) is 42.2 Å². The SMILES string of the molecule is CC1CCN(Cc2c(O)ccc3c2O/C(=C\c2ccc(N(C)C)cc2)C3=O)CC1. The molecule has 2 heterocycles. The number of rotatable bonds is 4. The van der Waals surface area contributed by atoms with Crippen LogP contribution >= 0.6 is 0 Å². The Kier molecular flexibility index (Phi) is 5.33. The number of nitrogens with zero attached hydrogens (tertiary/aromatic N) is 2. The first-order valence-electron chi connectivity index (χ1n) is 10.2. The van der Waals surface area contributed by atoms with Gasteiger partial charge in [0, 0.05) is 26.3 Å². The molecular weight excluding hydrogens is 364 g/mol. The zero-order chi connectivity index (χ0) is 20.5. The van der Waals surface area contributed by atoms with Gasteiger partial charge in [-0.05, 0) is 67.8 Å². The molecule has 1 fully saturated rings. The van der Waals surface area contributed by atoms with E-state index < -0.39 is 0 Å². The molecule has 0 unspecified atom stereocenters. The molecule has 152 valence electrons. The number of ketones is 1. The van der Waals surface area contributed by atoms with Crippen LogP contribution in [-0.2, 0) is 6.54 Å². The number of carbonyl (C=O) groups excluding carboxylic acids is 1. The molecule has 0 spiro atoms. The van der Waals surface area contributed by atoms with Crippen molar-refractivity contribution < 1.29 is 14.6 Å². The van der Waals surface area contributed by atoms with Crippen molar-refractivity contribution in [1.29, 1.82) is 0 Å². The Bertz CT molecular complexity index is 939. The third-order valence-corrected chi connectivity index (χ3v) is 5.88. The van der Waals surface area contributed by atoms with Gasteiger partial charge in [-0.2, -0.15) is 0 Å². The van der Waals surface area contributed by atoms with E-state index in [-0.39, 0.29) is 11.5 Å². The Morgan fingerprint density at radius 2 is 1.83 bits per heavy atom. The lowest BCUT2D eigenvalue weighted by atomic mass is 9.98. The fourth-order valence-corrected chi connectivity index (χ4v) is 3.91. The van der Waals surface area contributed by atoms with E-state index in [2.05, 4.69) is 11.8 Å². The average molecular weight is 392 g/mol. The summed E-state index contributed by atoms with van der Waals surface area (Å²) in [4.78, 5) is 17.2. The summed E-state index contributed by atoms with van der Waals surface area (Å²) in [6.45, 7) is 4.87. The molecule has 0 saturated carbocycles. The number of Topliss-reactive ketones (excluding diaryl/α,β-unsaturated/α-hetero) is 1. The average Bonchev–Trinajstić information content (AvgIpc) is 3.02. The van der Waals surface area contributed by atoms with Gasteiger partial charge in [0.05, 0.1) is 11.1 Å². The third kappa shape index (κ3) is 4.01. The number of hydrogen-bond donors (Lipinski definition) is 1. The first kappa shape index (κ1) is 19.5. The molecule has 2 aliphatic rings. The first-order chi connectivity index (χ1) is 13.9. The maximum Gasteiger partial charge on any atom is 0.231 e. The monoisotopic (exact) mass is 392 g/mol. The maximum atomic E-state index is 12.9. The molecule has 5 heteroatoms. The Morgan fingerprint density at radius 3 is 2.48 bits per heavy atom. The van der Waals surface area contributed by atoms with Gasteiger partial charge in [-0.15, -0.1) is 0 Å². The van der Waals surface area contributed by atoms with Gasteiger partial charge in [-0.3, -0.25) is 9.69 Å². The zero-order valence-corrected chi connectivity index (χ0v) is 17.3. The molecule has 29 heavy (non-hydrogen) atoms. The lowest BCUT2D eigenvalue weighted by Gasteiger charge is -2.30. The van der Waals surface area contributed by atoms with Crippen molar-refractivity contribution in [2.24, 2.45) is 5.92 Å². The first-order valence-corrected chi connectivity index (χ1v) is 10.2. The fourth-order valence-electron chi connectivity index (χ4n) is 3.91. The number of aromatic hydroxyl groups is 1. The lowest BCUT2D eigenvalue weighted by Crippen LogP contribution is -2.32. The maximum absolute atomic E-state index is 12.9. The second-order valence-corrected chi connectivity index (χ2v) is 8.32. The number of likely N-dealkylation sites (tertiary alicyclic amines) is 1. The molecule has 2 aliphatic heterocycles. The van der Waals surface area contributed by atoms with E-state index >= 15 is 0 Å². The number of hydrogen-bond acceptors (Lipinski definition) is 5. The minimum atomic E-state index is -0.134. The number of allylic oxidation sites excluding steroid dienone is 1. The van der Waals surface area contributed by atoms with Gasteiger partial charge in [0.25, 0.3) is 0 Å². The molecule has 0 aliphatic carbocycles. The predicted octanol–water partition coefficient (Wildman–Crippen LogP) is 4.31. The molecule has 4 rings (SSSR count). The molecule has 0 amide bonds. The van der Waals surface area contributed by atoms with Crippen LogP contribution in [0.1, 0.15) is 41.3 Å². The zero-order valence-electron chi connectivity index (χ0n) is 17.3. The van der Waals surface area contributed by atoms with Gasteiger partial charge < -0.3 is 14.7 Å². The van der Waals surface area contributed by atoms with Gasteiger partial charge in [-0.1, -0.05) is 19.1 Å². The minimum Gasteiger partial charge on any atom is -0.507 e. The number of carbonyl (C=O) groups is 1. The summed E-state index contributed by atoms with van der Waals surface area (Å²) in [5, 5.41) is 10.5. The van der Waals surface area contributed by atoms with Crippen molar-refractivity contribution in [3.8, 4) is 11.5 Å². The van der Waals surface area contributed by atoms with Crippen LogP contribution < -0.4 is 9.64 Å². The summed E-state index contributed by atoms with van der Waals surface area (Å²) in [6.07, 6.45) is 4.08. The van der Waals surface area contributed by atoms with Gasteiger partial charge in [-0.25, -0.2) is 0 Å². The third-order valence-electron chi connectivity index (χ3n) is 5.88. The number of phenolic OH excluding ortho intramolecular Hbond substituents is 1. The normalized spacial score (nSPS) is 18.7. The summed E-state index contributed by atoms with van der Waals surface area (Å²) in [5.41, 5.74) is 3.23. The van der Waals surface area contributed by atoms with Crippen molar-refractivity contribution in [2.75, 3.05) is 32.1 Å². The van der Waals surface area contributed by atoms with E-state index in [1.54, 1.807) is 18.2 Å². The van der Waals surface area contributed by atoms with Crippen LogP contribution in [0.2, 0.25) is 0 Å².